The number of aryl methyl sites for hydroxylation is 2. The minimum atomic E-state index is -0.916. The van der Waals surface area contributed by atoms with Crippen molar-refractivity contribution < 1.29 is 23.0 Å². The SMILES string of the molecule is COc1ccc(NC(=O)c2c(C)cc(C)n2Cc2ccc(F)c(F)c2)cc1OC. The first kappa shape index (κ1) is 20.4. The molecule has 0 radical (unpaired) electrons. The zero-order valence-corrected chi connectivity index (χ0v) is 16.7. The number of carbonyl (C=O) groups is 1. The summed E-state index contributed by atoms with van der Waals surface area (Å²) in [5.74, 6) is -1.08. The number of ether oxygens (including phenoxy) is 2. The van der Waals surface area contributed by atoms with Gasteiger partial charge in [0.2, 0.25) is 0 Å². The van der Waals surface area contributed by atoms with Gasteiger partial charge in [0.05, 0.1) is 14.2 Å². The number of benzene rings is 2. The third-order valence-electron chi connectivity index (χ3n) is 4.68. The van der Waals surface area contributed by atoms with Gasteiger partial charge in [-0.1, -0.05) is 6.07 Å². The van der Waals surface area contributed by atoms with E-state index in [0.29, 0.717) is 28.4 Å². The number of halogens is 2. The van der Waals surface area contributed by atoms with Crippen LogP contribution in [0.3, 0.4) is 0 Å². The van der Waals surface area contributed by atoms with Crippen LogP contribution in [0.15, 0.2) is 42.5 Å². The zero-order chi connectivity index (χ0) is 21.1. The molecule has 0 saturated carbocycles. The van der Waals surface area contributed by atoms with E-state index in [1.54, 1.807) is 22.8 Å². The number of anilines is 1. The summed E-state index contributed by atoms with van der Waals surface area (Å²) in [4.78, 5) is 13.0. The van der Waals surface area contributed by atoms with Crippen molar-refractivity contribution in [3.63, 3.8) is 0 Å². The van der Waals surface area contributed by atoms with Crippen LogP contribution >= 0.6 is 0 Å². The van der Waals surface area contributed by atoms with E-state index < -0.39 is 11.6 Å². The summed E-state index contributed by atoms with van der Waals surface area (Å²) in [6, 6.07) is 10.7. The Hall–Kier alpha value is -3.35. The van der Waals surface area contributed by atoms with E-state index in [4.69, 9.17) is 9.47 Å². The molecule has 0 unspecified atom stereocenters. The molecule has 7 heteroatoms. The fraction of sp³-hybridized carbons (Fsp3) is 0.227. The smallest absolute Gasteiger partial charge is 0.272 e. The molecule has 3 aromatic rings. The van der Waals surface area contributed by atoms with Crippen molar-refractivity contribution in [2.75, 3.05) is 19.5 Å². The first-order chi connectivity index (χ1) is 13.8. The second kappa shape index (κ2) is 8.34. The van der Waals surface area contributed by atoms with E-state index in [1.165, 1.54) is 20.3 Å². The molecule has 0 bridgehead atoms. The number of hydrogen-bond acceptors (Lipinski definition) is 3. The van der Waals surface area contributed by atoms with Gasteiger partial charge < -0.3 is 19.4 Å². The van der Waals surface area contributed by atoms with Crippen molar-refractivity contribution in [1.29, 1.82) is 0 Å². The third kappa shape index (κ3) is 4.23. The molecule has 0 aliphatic carbocycles. The van der Waals surface area contributed by atoms with Gasteiger partial charge in [-0.05, 0) is 55.3 Å². The highest BCUT2D eigenvalue weighted by Crippen LogP contribution is 2.30. The average molecular weight is 400 g/mol. The van der Waals surface area contributed by atoms with Crippen LogP contribution < -0.4 is 14.8 Å². The first-order valence-electron chi connectivity index (χ1n) is 8.98. The molecule has 1 aromatic heterocycles. The van der Waals surface area contributed by atoms with E-state index in [1.807, 2.05) is 19.9 Å². The Morgan fingerprint density at radius 3 is 2.34 bits per heavy atom. The highest BCUT2D eigenvalue weighted by atomic mass is 19.2. The molecule has 0 spiro atoms. The van der Waals surface area contributed by atoms with E-state index >= 15 is 0 Å². The van der Waals surface area contributed by atoms with Gasteiger partial charge in [-0.25, -0.2) is 8.78 Å². The van der Waals surface area contributed by atoms with Gasteiger partial charge in [-0.3, -0.25) is 4.79 Å². The maximum absolute atomic E-state index is 13.6. The molecule has 1 N–H and O–H groups in total. The van der Waals surface area contributed by atoms with Crippen LogP contribution in [0.1, 0.15) is 27.3 Å². The second-order valence-electron chi connectivity index (χ2n) is 6.68. The quantitative estimate of drug-likeness (QED) is 0.653. The fourth-order valence-electron chi connectivity index (χ4n) is 3.28. The number of methoxy groups -OCH3 is 2. The summed E-state index contributed by atoms with van der Waals surface area (Å²) in [6.45, 7) is 3.93. The molecule has 1 amide bonds. The molecular weight excluding hydrogens is 378 g/mol. The second-order valence-corrected chi connectivity index (χ2v) is 6.68. The van der Waals surface area contributed by atoms with Crippen LogP contribution in [0.5, 0.6) is 11.5 Å². The number of amides is 1. The Morgan fingerprint density at radius 2 is 1.69 bits per heavy atom. The summed E-state index contributed by atoms with van der Waals surface area (Å²) in [6.07, 6.45) is 0. The van der Waals surface area contributed by atoms with Gasteiger partial charge in [-0.15, -0.1) is 0 Å². The van der Waals surface area contributed by atoms with Gasteiger partial charge in [0.25, 0.3) is 5.91 Å². The molecule has 0 aliphatic rings. The number of nitrogens with one attached hydrogen (secondary N) is 1. The van der Waals surface area contributed by atoms with E-state index in [-0.39, 0.29) is 12.5 Å². The number of carbonyl (C=O) groups excluding carboxylic acids is 1. The fourth-order valence-corrected chi connectivity index (χ4v) is 3.28. The predicted octanol–water partition coefficient (Wildman–Crippen LogP) is 4.70. The van der Waals surface area contributed by atoms with Crippen molar-refractivity contribution in [2.24, 2.45) is 0 Å². The molecule has 0 atom stereocenters. The molecule has 0 saturated heterocycles. The number of rotatable bonds is 6. The van der Waals surface area contributed by atoms with Gasteiger partial charge in [0.1, 0.15) is 5.69 Å². The minimum Gasteiger partial charge on any atom is -0.493 e. The van der Waals surface area contributed by atoms with Crippen molar-refractivity contribution in [1.82, 2.24) is 4.57 Å². The maximum Gasteiger partial charge on any atom is 0.272 e. The van der Waals surface area contributed by atoms with E-state index in [9.17, 15) is 13.6 Å². The third-order valence-corrected chi connectivity index (χ3v) is 4.68. The standard InChI is InChI=1S/C22H22F2N2O3/c1-13-9-14(2)26(12-15-5-7-17(23)18(24)10-15)21(13)22(27)25-16-6-8-19(28-3)20(11-16)29-4/h5-11H,12H2,1-4H3,(H,25,27). The normalized spacial score (nSPS) is 10.7. The lowest BCUT2D eigenvalue weighted by Gasteiger charge is -2.14. The molecule has 3 rings (SSSR count). The topological polar surface area (TPSA) is 52.5 Å². The lowest BCUT2D eigenvalue weighted by molar-refractivity contribution is 0.101. The largest absolute Gasteiger partial charge is 0.493 e. The predicted molar refractivity (Wildman–Crippen MR) is 107 cm³/mol. The molecule has 0 fully saturated rings. The number of aromatic nitrogens is 1. The van der Waals surface area contributed by atoms with E-state index in [2.05, 4.69) is 5.32 Å². The van der Waals surface area contributed by atoms with Gasteiger partial charge in [0.15, 0.2) is 23.1 Å². The van der Waals surface area contributed by atoms with Gasteiger partial charge in [-0.2, -0.15) is 0 Å². The molecular formula is C22H22F2N2O3. The molecule has 0 aliphatic heterocycles. The number of hydrogen-bond donors (Lipinski definition) is 1. The summed E-state index contributed by atoms with van der Waals surface area (Å²) in [7, 11) is 3.05. The zero-order valence-electron chi connectivity index (χ0n) is 16.7. The van der Waals surface area contributed by atoms with Crippen molar-refractivity contribution in [3.8, 4) is 11.5 Å². The molecule has 152 valence electrons. The molecule has 29 heavy (non-hydrogen) atoms. The maximum atomic E-state index is 13.6. The van der Waals surface area contributed by atoms with Crippen LogP contribution in [0, 0.1) is 25.5 Å². The van der Waals surface area contributed by atoms with Crippen LogP contribution in [0.2, 0.25) is 0 Å². The van der Waals surface area contributed by atoms with Crippen LogP contribution in [0.25, 0.3) is 0 Å². The Labute approximate surface area is 167 Å². The van der Waals surface area contributed by atoms with E-state index in [0.717, 1.165) is 23.4 Å². The van der Waals surface area contributed by atoms with Crippen LogP contribution in [0.4, 0.5) is 14.5 Å². The first-order valence-corrected chi connectivity index (χ1v) is 8.98. The Morgan fingerprint density at radius 1 is 0.966 bits per heavy atom. The summed E-state index contributed by atoms with van der Waals surface area (Å²) in [5.41, 5.74) is 3.17. The summed E-state index contributed by atoms with van der Waals surface area (Å²) in [5, 5.41) is 2.86. The van der Waals surface area contributed by atoms with Crippen LogP contribution in [-0.4, -0.2) is 24.7 Å². The Balaban J connectivity index is 1.90. The van der Waals surface area contributed by atoms with Crippen molar-refractivity contribution >= 4 is 11.6 Å². The number of nitrogens with zero attached hydrogens (tertiary/aromatic N) is 1. The minimum absolute atomic E-state index is 0.242. The van der Waals surface area contributed by atoms with Crippen molar-refractivity contribution in [2.45, 2.75) is 20.4 Å². The highest BCUT2D eigenvalue weighted by Gasteiger charge is 2.19. The molecule has 1 heterocycles. The Bertz CT molecular complexity index is 1060. The summed E-state index contributed by atoms with van der Waals surface area (Å²) >= 11 is 0. The highest BCUT2D eigenvalue weighted by molar-refractivity contribution is 6.04. The van der Waals surface area contributed by atoms with Crippen LogP contribution in [-0.2, 0) is 6.54 Å². The summed E-state index contributed by atoms with van der Waals surface area (Å²) < 4.78 is 39.1. The van der Waals surface area contributed by atoms with Crippen molar-refractivity contribution in [3.05, 3.63) is 76.6 Å². The van der Waals surface area contributed by atoms with Gasteiger partial charge in [0, 0.05) is 24.0 Å². The molecule has 2 aromatic carbocycles. The average Bonchev–Trinajstić information content (AvgIpc) is 2.97. The Kier molecular flexibility index (Phi) is 5.87. The lowest BCUT2D eigenvalue weighted by atomic mass is 10.2. The molecule has 5 nitrogen and oxygen atoms in total. The van der Waals surface area contributed by atoms with Gasteiger partial charge >= 0.3 is 0 Å². The lowest BCUT2D eigenvalue weighted by Crippen LogP contribution is -2.19. The monoisotopic (exact) mass is 400 g/mol.